The fraction of sp³-hybridized carbons (Fsp3) is 0.684. The van der Waals surface area contributed by atoms with Crippen LogP contribution in [0.3, 0.4) is 0 Å². The van der Waals surface area contributed by atoms with Crippen LogP contribution in [0.4, 0.5) is 0 Å². The number of hydrogen-bond acceptors (Lipinski definition) is 8. The van der Waals surface area contributed by atoms with Gasteiger partial charge in [0.2, 0.25) is 23.6 Å². The standard InChI is InChI=1S/C19H33N5O9/c1-8(2)6-10(20)16(29)23-12(7-14(27)28)17(30)24-15(9(3)25)18(31)22-11(19(32)33)4-5-13(21)26/h8-12,15,25H,4-7,20H2,1-3H3,(H2,21,26)(H,22,31)(H,23,29)(H,24,30)(H,27,28)(H,32,33). The molecule has 33 heavy (non-hydrogen) atoms. The topological polar surface area (TPSA) is 251 Å². The number of rotatable bonds is 15. The molecular weight excluding hydrogens is 442 g/mol. The van der Waals surface area contributed by atoms with E-state index in [0.717, 1.165) is 6.92 Å². The predicted molar refractivity (Wildman–Crippen MR) is 113 cm³/mol. The fourth-order valence-electron chi connectivity index (χ4n) is 2.74. The van der Waals surface area contributed by atoms with Crippen molar-refractivity contribution >= 4 is 35.6 Å². The molecule has 0 spiro atoms. The third-order valence-corrected chi connectivity index (χ3v) is 4.43. The number of carboxylic acid groups (broad SMARTS) is 2. The van der Waals surface area contributed by atoms with Gasteiger partial charge in [0.1, 0.15) is 18.1 Å². The van der Waals surface area contributed by atoms with Crippen molar-refractivity contribution < 1.29 is 44.1 Å². The first kappa shape index (κ1) is 29.7. The summed E-state index contributed by atoms with van der Waals surface area (Å²) in [5.74, 6) is -6.63. The van der Waals surface area contributed by atoms with Gasteiger partial charge in [-0.05, 0) is 25.7 Å². The van der Waals surface area contributed by atoms with Gasteiger partial charge in [0.15, 0.2) is 0 Å². The van der Waals surface area contributed by atoms with Crippen LogP contribution in [0.2, 0.25) is 0 Å². The summed E-state index contributed by atoms with van der Waals surface area (Å²) in [7, 11) is 0. The minimum absolute atomic E-state index is 0.0533. The number of aliphatic hydroxyl groups excluding tert-OH is 1. The normalized spacial score (nSPS) is 15.5. The number of hydrogen-bond donors (Lipinski definition) is 8. The largest absolute Gasteiger partial charge is 0.481 e. The lowest BCUT2D eigenvalue weighted by atomic mass is 10.0. The number of primary amides is 1. The molecule has 5 atom stereocenters. The van der Waals surface area contributed by atoms with Crippen LogP contribution < -0.4 is 27.4 Å². The van der Waals surface area contributed by atoms with Crippen molar-refractivity contribution in [1.29, 1.82) is 0 Å². The molecule has 0 aromatic carbocycles. The van der Waals surface area contributed by atoms with Gasteiger partial charge >= 0.3 is 11.9 Å². The molecule has 14 nitrogen and oxygen atoms in total. The molecule has 0 heterocycles. The van der Waals surface area contributed by atoms with E-state index < -0.39 is 72.3 Å². The van der Waals surface area contributed by atoms with Gasteiger partial charge in [0.25, 0.3) is 0 Å². The number of nitrogens with two attached hydrogens (primary N) is 2. The van der Waals surface area contributed by atoms with Crippen LogP contribution in [0.25, 0.3) is 0 Å². The number of nitrogens with one attached hydrogen (secondary N) is 3. The summed E-state index contributed by atoms with van der Waals surface area (Å²) in [4.78, 5) is 70.7. The second-order valence-corrected chi connectivity index (χ2v) is 8.03. The molecule has 0 bridgehead atoms. The van der Waals surface area contributed by atoms with E-state index in [4.69, 9.17) is 16.6 Å². The molecule has 0 aliphatic carbocycles. The van der Waals surface area contributed by atoms with E-state index in [1.54, 1.807) is 0 Å². The fourth-order valence-corrected chi connectivity index (χ4v) is 2.74. The van der Waals surface area contributed by atoms with Crippen LogP contribution >= 0.6 is 0 Å². The van der Waals surface area contributed by atoms with Crippen molar-refractivity contribution in [2.45, 2.75) is 76.7 Å². The SMILES string of the molecule is CC(C)CC(N)C(=O)NC(CC(=O)O)C(=O)NC(C(=O)NC(CCC(N)=O)C(=O)O)C(C)O. The predicted octanol–water partition coefficient (Wildman–Crippen LogP) is -2.98. The van der Waals surface area contributed by atoms with Gasteiger partial charge < -0.3 is 42.7 Å². The summed E-state index contributed by atoms with van der Waals surface area (Å²) >= 11 is 0. The Labute approximate surface area is 190 Å². The number of amides is 4. The van der Waals surface area contributed by atoms with Crippen molar-refractivity contribution in [2.24, 2.45) is 17.4 Å². The Morgan fingerprint density at radius 1 is 0.848 bits per heavy atom. The zero-order valence-electron chi connectivity index (χ0n) is 18.7. The Balaban J connectivity index is 5.43. The number of carbonyl (C=O) groups excluding carboxylic acids is 4. The summed E-state index contributed by atoms with van der Waals surface area (Å²) in [6, 6.07) is -5.85. The Morgan fingerprint density at radius 2 is 1.39 bits per heavy atom. The molecule has 0 saturated heterocycles. The number of carboxylic acids is 2. The zero-order chi connectivity index (χ0) is 25.9. The van der Waals surface area contributed by atoms with E-state index in [-0.39, 0.29) is 25.2 Å². The van der Waals surface area contributed by atoms with Crippen LogP contribution in [-0.4, -0.2) is 81.2 Å². The average Bonchev–Trinajstić information content (AvgIpc) is 2.66. The number of aliphatic carboxylic acids is 2. The van der Waals surface area contributed by atoms with E-state index >= 15 is 0 Å². The van der Waals surface area contributed by atoms with Crippen molar-refractivity contribution in [3.05, 3.63) is 0 Å². The molecule has 10 N–H and O–H groups in total. The average molecular weight is 475 g/mol. The lowest BCUT2D eigenvalue weighted by Gasteiger charge is -2.26. The molecule has 0 aliphatic heterocycles. The third kappa shape index (κ3) is 11.8. The van der Waals surface area contributed by atoms with E-state index in [1.807, 2.05) is 13.8 Å². The van der Waals surface area contributed by atoms with Crippen LogP contribution in [-0.2, 0) is 28.8 Å². The molecule has 0 aliphatic rings. The lowest BCUT2D eigenvalue weighted by molar-refractivity contribution is -0.144. The summed E-state index contributed by atoms with van der Waals surface area (Å²) < 4.78 is 0. The zero-order valence-corrected chi connectivity index (χ0v) is 18.7. The molecule has 0 fully saturated rings. The third-order valence-electron chi connectivity index (χ3n) is 4.43. The molecule has 0 saturated carbocycles. The maximum atomic E-state index is 12.6. The van der Waals surface area contributed by atoms with Crippen molar-refractivity contribution in [1.82, 2.24) is 16.0 Å². The highest BCUT2D eigenvalue weighted by Crippen LogP contribution is 2.05. The van der Waals surface area contributed by atoms with Crippen LogP contribution in [0.1, 0.15) is 46.5 Å². The summed E-state index contributed by atoms with van der Waals surface area (Å²) in [5, 5.41) is 34.6. The Kier molecular flexibility index (Phi) is 12.6. The Morgan fingerprint density at radius 3 is 1.82 bits per heavy atom. The molecule has 4 amide bonds. The van der Waals surface area contributed by atoms with E-state index in [0.29, 0.717) is 0 Å². The van der Waals surface area contributed by atoms with Gasteiger partial charge in [-0.1, -0.05) is 13.8 Å². The highest BCUT2D eigenvalue weighted by molar-refractivity contribution is 5.95. The number of carbonyl (C=O) groups is 6. The molecule has 0 rings (SSSR count). The molecule has 0 aromatic rings. The van der Waals surface area contributed by atoms with Gasteiger partial charge in [-0.2, -0.15) is 0 Å². The van der Waals surface area contributed by atoms with E-state index in [1.165, 1.54) is 0 Å². The molecule has 0 radical (unpaired) electrons. The lowest BCUT2D eigenvalue weighted by Crippen LogP contribution is -2.60. The first-order valence-corrected chi connectivity index (χ1v) is 10.2. The summed E-state index contributed by atoms with van der Waals surface area (Å²) in [5.41, 5.74) is 10.7. The minimum Gasteiger partial charge on any atom is -0.481 e. The molecular formula is C19H33N5O9. The van der Waals surface area contributed by atoms with Crippen LogP contribution in [0.15, 0.2) is 0 Å². The molecule has 5 unspecified atom stereocenters. The molecule has 0 aromatic heterocycles. The molecule has 188 valence electrons. The van der Waals surface area contributed by atoms with E-state index in [9.17, 15) is 39.0 Å². The minimum atomic E-state index is -1.69. The summed E-state index contributed by atoms with van der Waals surface area (Å²) in [6.45, 7) is 4.76. The second kappa shape index (κ2) is 14.0. The van der Waals surface area contributed by atoms with Crippen molar-refractivity contribution in [3.8, 4) is 0 Å². The number of aliphatic hydroxyl groups is 1. The van der Waals surface area contributed by atoms with Gasteiger partial charge in [0, 0.05) is 6.42 Å². The first-order chi connectivity index (χ1) is 15.1. The summed E-state index contributed by atoms with van der Waals surface area (Å²) in [6.07, 6.45) is -2.76. The first-order valence-electron chi connectivity index (χ1n) is 10.2. The van der Waals surface area contributed by atoms with Gasteiger partial charge in [0.05, 0.1) is 18.6 Å². The maximum absolute atomic E-state index is 12.6. The van der Waals surface area contributed by atoms with Gasteiger partial charge in [-0.3, -0.25) is 24.0 Å². The second-order valence-electron chi connectivity index (χ2n) is 8.03. The monoisotopic (exact) mass is 475 g/mol. The highest BCUT2D eigenvalue weighted by atomic mass is 16.4. The molecule has 14 heteroatoms. The van der Waals surface area contributed by atoms with E-state index in [2.05, 4.69) is 16.0 Å². The van der Waals surface area contributed by atoms with Gasteiger partial charge in [-0.15, -0.1) is 0 Å². The quantitative estimate of drug-likeness (QED) is 0.119. The van der Waals surface area contributed by atoms with Crippen LogP contribution in [0, 0.1) is 5.92 Å². The Bertz CT molecular complexity index is 741. The Hall–Kier alpha value is -3.26. The van der Waals surface area contributed by atoms with Crippen molar-refractivity contribution in [2.75, 3.05) is 0 Å². The highest BCUT2D eigenvalue weighted by Gasteiger charge is 2.33. The maximum Gasteiger partial charge on any atom is 0.326 e. The van der Waals surface area contributed by atoms with Crippen molar-refractivity contribution in [3.63, 3.8) is 0 Å². The van der Waals surface area contributed by atoms with Gasteiger partial charge in [-0.25, -0.2) is 4.79 Å². The van der Waals surface area contributed by atoms with Crippen LogP contribution in [0.5, 0.6) is 0 Å². The smallest absolute Gasteiger partial charge is 0.326 e.